The summed E-state index contributed by atoms with van der Waals surface area (Å²) in [7, 11) is 4.33. The molecule has 0 spiro atoms. The second-order valence-corrected chi connectivity index (χ2v) is 13.1. The molecule has 3 N–H and O–H groups in total. The van der Waals surface area contributed by atoms with Gasteiger partial charge in [0.25, 0.3) is 5.91 Å². The number of rotatable bonds is 12. The number of H-pyrrole nitrogens is 1. The minimum atomic E-state index is -1.41. The van der Waals surface area contributed by atoms with Gasteiger partial charge in [-0.2, -0.15) is 0 Å². The van der Waals surface area contributed by atoms with Gasteiger partial charge >= 0.3 is 12.2 Å². The number of fused-ring (bicyclic) bond motifs is 1. The van der Waals surface area contributed by atoms with E-state index in [0.717, 1.165) is 4.90 Å². The zero-order valence-corrected chi connectivity index (χ0v) is 29.5. The van der Waals surface area contributed by atoms with Crippen LogP contribution in [0.5, 0.6) is 11.5 Å². The topological polar surface area (TPSA) is 174 Å². The number of nitrogens with zero attached hydrogens (tertiary/aromatic N) is 3. The number of nitrogens with one attached hydrogen (secondary N) is 2. The molecule has 2 atom stereocenters. The van der Waals surface area contributed by atoms with Crippen molar-refractivity contribution in [2.75, 3.05) is 59.5 Å². The van der Waals surface area contributed by atoms with Crippen molar-refractivity contribution in [3.63, 3.8) is 0 Å². The normalized spacial score (nSPS) is 17.7. The lowest BCUT2D eigenvalue weighted by Crippen LogP contribution is -2.49. The maximum Gasteiger partial charge on any atom is 0.414 e. The number of methoxy groups -OCH3 is 3. The van der Waals surface area contributed by atoms with E-state index in [9.17, 15) is 23.9 Å². The molecular formula is C35H44FN5O10. The van der Waals surface area contributed by atoms with Gasteiger partial charge in [0.1, 0.15) is 24.1 Å². The van der Waals surface area contributed by atoms with Crippen LogP contribution >= 0.6 is 0 Å². The summed E-state index contributed by atoms with van der Waals surface area (Å²) < 4.78 is 48.6. The van der Waals surface area contributed by atoms with E-state index < -0.39 is 47.8 Å². The highest BCUT2D eigenvalue weighted by atomic mass is 19.1. The molecule has 51 heavy (non-hydrogen) atoms. The standard InChI is InChI=1S/C35H44FN5O10/c1-35(2,3)51-34(45)40-14-15-49-21(18-40)19-50-25-16-37-13-12-22(25)29-30(38-24-9-7-8-23(36)31(24)48-6)27-28(39-29)20(10-11-26(46-4)47-5)17-41(32(27)42)33(43)44/h7-9,12-13,16,20-21,26,38-39H,10-11,14-15,17-19H2,1-6H3,(H,43,44)/t20?,21-/m0/s1. The molecule has 276 valence electrons. The van der Waals surface area contributed by atoms with Crippen LogP contribution in [0.15, 0.2) is 36.7 Å². The van der Waals surface area contributed by atoms with Crippen LogP contribution in [0.1, 0.15) is 55.6 Å². The smallest absolute Gasteiger partial charge is 0.414 e. The van der Waals surface area contributed by atoms with Gasteiger partial charge in [0.2, 0.25) is 0 Å². The van der Waals surface area contributed by atoms with Crippen LogP contribution in [0.3, 0.4) is 0 Å². The molecular weight excluding hydrogens is 669 g/mol. The summed E-state index contributed by atoms with van der Waals surface area (Å²) in [5.41, 5.74) is 1.10. The van der Waals surface area contributed by atoms with Gasteiger partial charge in [0.15, 0.2) is 17.9 Å². The van der Waals surface area contributed by atoms with E-state index in [1.54, 1.807) is 44.0 Å². The average molecular weight is 714 g/mol. The molecule has 2 aliphatic heterocycles. The van der Waals surface area contributed by atoms with Crippen molar-refractivity contribution < 1.29 is 52.3 Å². The van der Waals surface area contributed by atoms with E-state index >= 15 is 0 Å². The van der Waals surface area contributed by atoms with Crippen molar-refractivity contribution in [2.24, 2.45) is 0 Å². The van der Waals surface area contributed by atoms with Crippen molar-refractivity contribution in [3.05, 3.63) is 53.7 Å². The molecule has 1 aromatic carbocycles. The SMILES string of the molecule is COc1c(F)cccc1Nc1c(-c2ccncc2OC[C@@H]2CN(C(=O)OC(C)(C)C)CCO2)[nH]c2c1C(=O)N(C(=O)O)CC2CCC(OC)OC. The first kappa shape index (κ1) is 37.3. The van der Waals surface area contributed by atoms with Gasteiger partial charge in [0.05, 0.1) is 49.1 Å². The first-order valence-electron chi connectivity index (χ1n) is 16.5. The average Bonchev–Trinajstić information content (AvgIpc) is 3.47. The minimum absolute atomic E-state index is 0.0443. The summed E-state index contributed by atoms with van der Waals surface area (Å²) in [6.45, 7) is 6.22. The van der Waals surface area contributed by atoms with Crippen molar-refractivity contribution in [3.8, 4) is 22.8 Å². The Morgan fingerprint density at radius 1 is 1.18 bits per heavy atom. The quantitative estimate of drug-likeness (QED) is 0.199. The highest BCUT2D eigenvalue weighted by Gasteiger charge is 2.40. The lowest BCUT2D eigenvalue weighted by atomic mass is 9.91. The zero-order valence-electron chi connectivity index (χ0n) is 29.5. The van der Waals surface area contributed by atoms with Gasteiger partial charge in [-0.05, 0) is 51.8 Å². The Labute approximate surface area is 294 Å². The van der Waals surface area contributed by atoms with Crippen LogP contribution < -0.4 is 14.8 Å². The van der Waals surface area contributed by atoms with Crippen molar-refractivity contribution in [2.45, 2.75) is 57.5 Å². The van der Waals surface area contributed by atoms with E-state index in [0.29, 0.717) is 42.1 Å². The third-order valence-corrected chi connectivity index (χ3v) is 8.51. The minimum Gasteiger partial charge on any atom is -0.492 e. The van der Waals surface area contributed by atoms with Gasteiger partial charge in [0, 0.05) is 50.7 Å². The molecule has 3 aromatic rings. The molecule has 3 amide bonds. The molecule has 1 saturated heterocycles. The number of imide groups is 1. The van der Waals surface area contributed by atoms with Crippen molar-refractivity contribution in [1.29, 1.82) is 0 Å². The number of carboxylic acid groups (broad SMARTS) is 1. The van der Waals surface area contributed by atoms with Gasteiger partial charge in [-0.15, -0.1) is 0 Å². The summed E-state index contributed by atoms with van der Waals surface area (Å²) in [5, 5.41) is 13.2. The fourth-order valence-electron chi connectivity index (χ4n) is 6.12. The molecule has 16 heteroatoms. The number of morpholine rings is 1. The maximum atomic E-state index is 14.9. The number of benzene rings is 1. The zero-order chi connectivity index (χ0) is 36.9. The highest BCUT2D eigenvalue weighted by molar-refractivity contribution is 6.11. The fraction of sp³-hybridized carbons (Fsp3) is 0.486. The Balaban J connectivity index is 1.55. The first-order valence-corrected chi connectivity index (χ1v) is 16.5. The second kappa shape index (κ2) is 16.0. The molecule has 0 bridgehead atoms. The van der Waals surface area contributed by atoms with E-state index in [4.69, 9.17) is 28.4 Å². The Bertz CT molecular complexity index is 1720. The Hall–Kier alpha value is -4.93. The number of hydrogen-bond acceptors (Lipinski definition) is 11. The van der Waals surface area contributed by atoms with Gasteiger partial charge in [-0.1, -0.05) is 6.07 Å². The van der Waals surface area contributed by atoms with Gasteiger partial charge in [-0.3, -0.25) is 9.78 Å². The van der Waals surface area contributed by atoms with Crippen molar-refractivity contribution in [1.82, 2.24) is 19.8 Å². The number of amides is 3. The molecule has 5 rings (SSSR count). The number of halogens is 1. The van der Waals surface area contributed by atoms with Crippen LogP contribution in [0.2, 0.25) is 0 Å². The molecule has 15 nitrogen and oxygen atoms in total. The summed E-state index contributed by atoms with van der Waals surface area (Å²) in [5.74, 6) is -1.69. The van der Waals surface area contributed by atoms with Crippen LogP contribution in [0.4, 0.5) is 25.4 Å². The monoisotopic (exact) mass is 713 g/mol. The van der Waals surface area contributed by atoms with Crippen LogP contribution in [-0.2, 0) is 18.9 Å². The van der Waals surface area contributed by atoms with Gasteiger partial charge < -0.3 is 48.7 Å². The first-order chi connectivity index (χ1) is 24.3. The second-order valence-electron chi connectivity index (χ2n) is 13.1. The van der Waals surface area contributed by atoms with Crippen LogP contribution in [-0.4, -0.2) is 115 Å². The lowest BCUT2D eigenvalue weighted by Gasteiger charge is -2.34. The van der Waals surface area contributed by atoms with Crippen molar-refractivity contribution >= 4 is 29.5 Å². The summed E-state index contributed by atoms with van der Waals surface area (Å²) in [4.78, 5) is 49.0. The molecule has 0 saturated carbocycles. The van der Waals surface area contributed by atoms with E-state index in [1.165, 1.54) is 39.7 Å². The third kappa shape index (κ3) is 8.52. The predicted molar refractivity (Wildman–Crippen MR) is 182 cm³/mol. The lowest BCUT2D eigenvalue weighted by molar-refractivity contribution is -0.107. The maximum absolute atomic E-state index is 14.9. The molecule has 0 aliphatic carbocycles. The Kier molecular flexibility index (Phi) is 11.7. The number of hydrogen-bond donors (Lipinski definition) is 3. The molecule has 1 unspecified atom stereocenters. The molecule has 2 aliphatic rings. The Morgan fingerprint density at radius 3 is 2.63 bits per heavy atom. The highest BCUT2D eigenvalue weighted by Crippen LogP contribution is 2.46. The molecule has 1 fully saturated rings. The summed E-state index contributed by atoms with van der Waals surface area (Å²) in [6.07, 6.45) is 0.932. The van der Waals surface area contributed by atoms with E-state index in [2.05, 4.69) is 15.3 Å². The number of pyridine rings is 1. The van der Waals surface area contributed by atoms with Crippen LogP contribution in [0.25, 0.3) is 11.3 Å². The van der Waals surface area contributed by atoms with E-state index in [-0.39, 0.29) is 49.0 Å². The number of carbonyl (C=O) groups excluding carboxylic acids is 2. The summed E-state index contributed by atoms with van der Waals surface area (Å²) in [6, 6.07) is 5.97. The van der Waals surface area contributed by atoms with Gasteiger partial charge in [-0.25, -0.2) is 18.9 Å². The number of para-hydroxylation sites is 1. The predicted octanol–water partition coefficient (Wildman–Crippen LogP) is 5.60. The fourth-order valence-corrected chi connectivity index (χ4v) is 6.12. The van der Waals surface area contributed by atoms with E-state index in [1.807, 2.05) is 0 Å². The number of aromatic amines is 1. The third-order valence-electron chi connectivity index (χ3n) is 8.51. The number of aromatic nitrogens is 2. The number of anilines is 2. The largest absolute Gasteiger partial charge is 0.492 e. The molecule has 4 heterocycles. The molecule has 0 radical (unpaired) electrons. The molecule has 2 aromatic heterocycles. The summed E-state index contributed by atoms with van der Waals surface area (Å²) >= 11 is 0. The number of ether oxygens (including phenoxy) is 6. The number of carbonyl (C=O) groups is 3. The Morgan fingerprint density at radius 2 is 1.94 bits per heavy atom. The van der Waals surface area contributed by atoms with Crippen LogP contribution in [0, 0.1) is 5.82 Å².